The zero-order valence-corrected chi connectivity index (χ0v) is 42.8. The Bertz CT molecular complexity index is 1300. The number of phosphoric ester groups is 1. The lowest BCUT2D eigenvalue weighted by atomic mass is 10.1. The summed E-state index contributed by atoms with van der Waals surface area (Å²) in [6.07, 6.45) is 63.2. The first-order valence-electron chi connectivity index (χ1n) is 25.8. The topological polar surface area (TPSA) is 94.1 Å². The molecule has 0 bridgehead atoms. The van der Waals surface area contributed by atoms with Crippen LogP contribution in [0.3, 0.4) is 0 Å². The summed E-state index contributed by atoms with van der Waals surface area (Å²) in [6.45, 7) is 5.24. The van der Waals surface area contributed by atoms with Crippen LogP contribution in [0.25, 0.3) is 0 Å². The molecule has 0 amide bonds. The second-order valence-electron chi connectivity index (χ2n) is 18.1. The first-order valence-corrected chi connectivity index (χ1v) is 27.3. The van der Waals surface area contributed by atoms with Gasteiger partial charge in [-0.1, -0.05) is 189 Å². The average Bonchev–Trinajstić information content (AvgIpc) is 3.25. The van der Waals surface area contributed by atoms with E-state index in [0.29, 0.717) is 24.1 Å². The number of hydrogen-bond acceptors (Lipinski definition) is 7. The lowest BCUT2D eigenvalue weighted by molar-refractivity contribution is -0.870. The van der Waals surface area contributed by atoms with Crippen molar-refractivity contribution in [2.45, 2.75) is 206 Å². The number of carbonyl (C=O) groups excluding carboxylic acids is 1. The number of esters is 1. The maximum absolute atomic E-state index is 12.7. The summed E-state index contributed by atoms with van der Waals surface area (Å²) in [5, 5.41) is 0. The van der Waals surface area contributed by atoms with Crippen molar-refractivity contribution in [3.8, 4) is 0 Å². The van der Waals surface area contributed by atoms with Gasteiger partial charge in [-0.3, -0.25) is 9.36 Å². The molecule has 0 spiro atoms. The van der Waals surface area contributed by atoms with Gasteiger partial charge in [0.1, 0.15) is 19.3 Å². The molecular weight excluding hydrogens is 818 g/mol. The standard InChI is InChI=1S/C55H98NO7P/c1-6-8-10-12-14-16-18-20-22-24-26-27-28-29-30-31-33-35-37-39-41-43-45-47-50-60-52-54(53-62-64(58,59)61-51-49-56(3,4)5)63-55(57)48-46-44-42-40-38-36-34-32-25-23-21-19-17-15-13-11-9-7-2/h8,10,14,16,20,22-23,25-27,29-30,33,35,54H,6-7,9,11-13,15,17-19,21,24,28,31-32,34,36-53H2,1-5H3/b10-8-,16-14-,22-20-,25-23-,27-26-,30-29-,35-33-. The van der Waals surface area contributed by atoms with Crippen molar-refractivity contribution >= 4 is 13.8 Å². The van der Waals surface area contributed by atoms with E-state index in [0.717, 1.165) is 83.5 Å². The highest BCUT2D eigenvalue weighted by molar-refractivity contribution is 7.45. The van der Waals surface area contributed by atoms with E-state index < -0.39 is 13.9 Å². The van der Waals surface area contributed by atoms with Gasteiger partial charge < -0.3 is 27.9 Å². The fraction of sp³-hybridized carbons (Fsp3) is 0.727. The normalized spacial score (nSPS) is 14.3. The summed E-state index contributed by atoms with van der Waals surface area (Å²) in [7, 11) is 1.33. The Kier molecular flexibility index (Phi) is 45.5. The lowest BCUT2D eigenvalue weighted by Gasteiger charge is -2.28. The SMILES string of the molecule is CC/C=C\C/C=C\C/C=C\C/C=C\C/C=C\C/C=C\CCCCCCCOCC(COP(=O)([O-])OCC[N+](C)(C)C)OC(=O)CCCCCCCCC/C=C\CCCCCCCCC. The summed E-state index contributed by atoms with van der Waals surface area (Å²) in [6, 6.07) is 0. The summed E-state index contributed by atoms with van der Waals surface area (Å²) in [5.41, 5.74) is 0. The van der Waals surface area contributed by atoms with Gasteiger partial charge in [-0.15, -0.1) is 0 Å². The third kappa shape index (κ3) is 50.7. The van der Waals surface area contributed by atoms with Crippen molar-refractivity contribution in [2.24, 2.45) is 0 Å². The second kappa shape index (κ2) is 47.2. The zero-order valence-electron chi connectivity index (χ0n) is 42.0. The number of rotatable bonds is 47. The quantitative estimate of drug-likeness (QED) is 0.0197. The molecule has 0 N–H and O–H groups in total. The van der Waals surface area contributed by atoms with E-state index >= 15 is 0 Å². The highest BCUT2D eigenvalue weighted by atomic mass is 31.2. The molecule has 0 rings (SSSR count). The van der Waals surface area contributed by atoms with Gasteiger partial charge in [0, 0.05) is 13.0 Å². The van der Waals surface area contributed by atoms with Gasteiger partial charge in [0.05, 0.1) is 34.4 Å². The van der Waals surface area contributed by atoms with Gasteiger partial charge in [-0.25, -0.2) is 0 Å². The molecule has 0 aromatic rings. The second-order valence-corrected chi connectivity index (χ2v) is 19.6. The fourth-order valence-corrected chi connectivity index (χ4v) is 7.45. The minimum atomic E-state index is -4.54. The minimum Gasteiger partial charge on any atom is -0.756 e. The smallest absolute Gasteiger partial charge is 0.306 e. The number of allylic oxidation sites excluding steroid dienone is 14. The molecule has 2 unspecified atom stereocenters. The molecule has 0 saturated carbocycles. The maximum atomic E-state index is 12.7. The van der Waals surface area contributed by atoms with Crippen LogP contribution in [0.15, 0.2) is 85.1 Å². The molecule has 0 aliphatic rings. The molecule has 0 fully saturated rings. The van der Waals surface area contributed by atoms with Gasteiger partial charge in [0.15, 0.2) is 0 Å². The summed E-state index contributed by atoms with van der Waals surface area (Å²) in [5.74, 6) is -0.348. The number of unbranched alkanes of at least 4 members (excludes halogenated alkanes) is 19. The molecular formula is C55H98NO7P. The summed E-state index contributed by atoms with van der Waals surface area (Å²) in [4.78, 5) is 25.2. The molecule has 0 radical (unpaired) electrons. The third-order valence-electron chi connectivity index (χ3n) is 10.7. The van der Waals surface area contributed by atoms with Crippen LogP contribution < -0.4 is 4.89 Å². The Morgan fingerprint density at radius 1 is 0.500 bits per heavy atom. The number of quaternary nitrogens is 1. The Labute approximate surface area is 395 Å². The van der Waals surface area contributed by atoms with Gasteiger partial charge in [-0.2, -0.15) is 0 Å². The molecule has 64 heavy (non-hydrogen) atoms. The molecule has 0 aromatic heterocycles. The number of carbonyl (C=O) groups is 1. The number of ether oxygens (including phenoxy) is 2. The van der Waals surface area contributed by atoms with E-state index in [1.54, 1.807) is 0 Å². The number of hydrogen-bond donors (Lipinski definition) is 0. The number of nitrogens with zero attached hydrogens (tertiary/aromatic N) is 1. The van der Waals surface area contributed by atoms with Crippen molar-refractivity contribution in [1.29, 1.82) is 0 Å². The highest BCUT2D eigenvalue weighted by Crippen LogP contribution is 2.38. The van der Waals surface area contributed by atoms with Crippen LogP contribution in [0.5, 0.6) is 0 Å². The van der Waals surface area contributed by atoms with E-state index in [1.165, 1.54) is 96.3 Å². The first kappa shape index (κ1) is 61.7. The zero-order chi connectivity index (χ0) is 46.9. The molecule has 0 heterocycles. The third-order valence-corrected chi connectivity index (χ3v) is 11.6. The maximum Gasteiger partial charge on any atom is 0.306 e. The van der Waals surface area contributed by atoms with E-state index in [-0.39, 0.29) is 25.8 Å². The van der Waals surface area contributed by atoms with E-state index in [9.17, 15) is 14.3 Å². The van der Waals surface area contributed by atoms with Crippen LogP contribution in [0.1, 0.15) is 200 Å². The van der Waals surface area contributed by atoms with Gasteiger partial charge in [-0.05, 0) is 89.9 Å². The fourth-order valence-electron chi connectivity index (χ4n) is 6.72. The van der Waals surface area contributed by atoms with Crippen LogP contribution in [0.4, 0.5) is 0 Å². The van der Waals surface area contributed by atoms with Gasteiger partial charge in [0.2, 0.25) is 0 Å². The van der Waals surface area contributed by atoms with E-state index in [2.05, 4.69) is 98.9 Å². The van der Waals surface area contributed by atoms with Crippen LogP contribution in [0.2, 0.25) is 0 Å². The lowest BCUT2D eigenvalue weighted by Crippen LogP contribution is -2.37. The van der Waals surface area contributed by atoms with Crippen molar-refractivity contribution in [3.05, 3.63) is 85.1 Å². The summed E-state index contributed by atoms with van der Waals surface area (Å²) < 4.78 is 34.7. The molecule has 2 atom stereocenters. The highest BCUT2D eigenvalue weighted by Gasteiger charge is 2.20. The molecule has 0 aromatic carbocycles. The Balaban J connectivity index is 4.22. The van der Waals surface area contributed by atoms with Crippen molar-refractivity contribution in [2.75, 3.05) is 54.1 Å². The van der Waals surface area contributed by atoms with E-state index in [1.807, 2.05) is 21.1 Å². The number of phosphoric acid groups is 1. The molecule has 0 saturated heterocycles. The Morgan fingerprint density at radius 2 is 0.906 bits per heavy atom. The van der Waals surface area contributed by atoms with Crippen LogP contribution in [-0.4, -0.2) is 70.7 Å². The summed E-state index contributed by atoms with van der Waals surface area (Å²) >= 11 is 0. The minimum absolute atomic E-state index is 0.0169. The number of likely N-dealkylation sites (N-methyl/N-ethyl adjacent to an activating group) is 1. The average molecular weight is 916 g/mol. The van der Waals surface area contributed by atoms with Crippen LogP contribution in [0, 0.1) is 0 Å². The predicted octanol–water partition coefficient (Wildman–Crippen LogP) is 15.4. The molecule has 0 aliphatic carbocycles. The van der Waals surface area contributed by atoms with E-state index in [4.69, 9.17) is 18.5 Å². The molecule has 0 aliphatic heterocycles. The Hall–Kier alpha value is -2.32. The van der Waals surface area contributed by atoms with Crippen molar-refractivity contribution in [3.63, 3.8) is 0 Å². The van der Waals surface area contributed by atoms with Gasteiger partial charge in [0.25, 0.3) is 7.82 Å². The molecule has 9 heteroatoms. The monoisotopic (exact) mass is 916 g/mol. The van der Waals surface area contributed by atoms with Crippen LogP contribution in [-0.2, 0) is 27.9 Å². The van der Waals surface area contributed by atoms with Crippen molar-refractivity contribution in [1.82, 2.24) is 0 Å². The van der Waals surface area contributed by atoms with Crippen molar-refractivity contribution < 1.29 is 37.3 Å². The van der Waals surface area contributed by atoms with Gasteiger partial charge >= 0.3 is 5.97 Å². The largest absolute Gasteiger partial charge is 0.756 e. The molecule has 370 valence electrons. The predicted molar refractivity (Wildman–Crippen MR) is 272 cm³/mol. The van der Waals surface area contributed by atoms with Crippen LogP contribution >= 0.6 is 7.82 Å². The Morgan fingerprint density at radius 3 is 1.38 bits per heavy atom. The molecule has 8 nitrogen and oxygen atoms in total. The first-order chi connectivity index (χ1) is 31.1.